The van der Waals surface area contributed by atoms with E-state index in [1.807, 2.05) is 0 Å². The molecule has 1 aromatic heterocycles. The molecule has 76 valence electrons. The number of esters is 1. The maximum Gasteiger partial charge on any atom is 0.373 e. The molecule has 0 fully saturated rings. The highest BCUT2D eigenvalue weighted by Crippen LogP contribution is 2.08. The van der Waals surface area contributed by atoms with Gasteiger partial charge in [-0.05, 0) is 19.1 Å². The first-order valence-corrected chi connectivity index (χ1v) is 4.15. The van der Waals surface area contributed by atoms with Crippen LogP contribution in [0.5, 0.6) is 0 Å². The second-order valence-corrected chi connectivity index (χ2v) is 2.51. The van der Waals surface area contributed by atoms with E-state index in [0.717, 1.165) is 0 Å². The Labute approximate surface area is 81.0 Å². The number of furan rings is 1. The molecule has 0 atom stereocenters. The number of hydrogen-bond acceptors (Lipinski definition) is 4. The highest BCUT2D eigenvalue weighted by molar-refractivity contribution is 5.93. The SMILES string of the molecule is CCNC(=O)c1ccc(C(=O)OC)o1. The molecule has 5 nitrogen and oxygen atoms in total. The van der Waals surface area contributed by atoms with E-state index >= 15 is 0 Å². The Morgan fingerprint density at radius 2 is 2.07 bits per heavy atom. The lowest BCUT2D eigenvalue weighted by atomic mass is 10.4. The van der Waals surface area contributed by atoms with E-state index in [9.17, 15) is 9.59 Å². The first-order valence-electron chi connectivity index (χ1n) is 4.15. The summed E-state index contributed by atoms with van der Waals surface area (Å²) >= 11 is 0. The van der Waals surface area contributed by atoms with E-state index in [-0.39, 0.29) is 17.4 Å². The van der Waals surface area contributed by atoms with Gasteiger partial charge in [0.05, 0.1) is 7.11 Å². The molecule has 14 heavy (non-hydrogen) atoms. The third kappa shape index (κ3) is 2.12. The Bertz CT molecular complexity index is 342. The fourth-order valence-electron chi connectivity index (χ4n) is 0.918. The minimum Gasteiger partial charge on any atom is -0.463 e. The fraction of sp³-hybridized carbons (Fsp3) is 0.333. The van der Waals surface area contributed by atoms with Crippen LogP contribution in [0.15, 0.2) is 16.5 Å². The van der Waals surface area contributed by atoms with Crippen molar-refractivity contribution < 1.29 is 18.7 Å². The van der Waals surface area contributed by atoms with Gasteiger partial charge in [-0.2, -0.15) is 0 Å². The second-order valence-electron chi connectivity index (χ2n) is 2.51. The first kappa shape index (κ1) is 10.3. The van der Waals surface area contributed by atoms with E-state index in [1.54, 1.807) is 6.92 Å². The molecular weight excluding hydrogens is 186 g/mol. The topological polar surface area (TPSA) is 68.5 Å². The van der Waals surface area contributed by atoms with Crippen molar-refractivity contribution in [2.45, 2.75) is 6.92 Å². The molecule has 5 heteroatoms. The van der Waals surface area contributed by atoms with Crippen molar-refractivity contribution in [2.75, 3.05) is 13.7 Å². The quantitative estimate of drug-likeness (QED) is 0.728. The van der Waals surface area contributed by atoms with Crippen LogP contribution >= 0.6 is 0 Å². The van der Waals surface area contributed by atoms with Gasteiger partial charge in [0.25, 0.3) is 5.91 Å². The average molecular weight is 197 g/mol. The summed E-state index contributed by atoms with van der Waals surface area (Å²) in [5.74, 6) is -0.816. The van der Waals surface area contributed by atoms with Crippen LogP contribution in [-0.2, 0) is 4.74 Å². The molecule has 0 unspecified atom stereocenters. The number of amides is 1. The molecule has 0 radical (unpaired) electrons. The third-order valence-electron chi connectivity index (χ3n) is 1.55. The van der Waals surface area contributed by atoms with Crippen molar-refractivity contribution >= 4 is 11.9 Å². The zero-order valence-electron chi connectivity index (χ0n) is 7.99. The number of hydrogen-bond donors (Lipinski definition) is 1. The predicted octanol–water partition coefficient (Wildman–Crippen LogP) is 0.816. The Balaban J connectivity index is 2.77. The number of methoxy groups -OCH3 is 1. The molecule has 0 bridgehead atoms. The molecule has 1 amide bonds. The van der Waals surface area contributed by atoms with Crippen molar-refractivity contribution in [1.82, 2.24) is 5.32 Å². The highest BCUT2D eigenvalue weighted by atomic mass is 16.5. The maximum absolute atomic E-state index is 11.2. The van der Waals surface area contributed by atoms with Crippen LogP contribution in [-0.4, -0.2) is 25.5 Å². The number of carbonyl (C=O) groups is 2. The molecule has 0 saturated heterocycles. The van der Waals surface area contributed by atoms with Gasteiger partial charge in [0, 0.05) is 6.54 Å². The van der Waals surface area contributed by atoms with Crippen molar-refractivity contribution in [1.29, 1.82) is 0 Å². The van der Waals surface area contributed by atoms with Gasteiger partial charge in [0.2, 0.25) is 5.76 Å². The molecule has 1 N–H and O–H groups in total. The summed E-state index contributed by atoms with van der Waals surface area (Å²) in [5, 5.41) is 2.55. The minimum atomic E-state index is -0.597. The second kappa shape index (κ2) is 4.45. The molecule has 0 aliphatic rings. The predicted molar refractivity (Wildman–Crippen MR) is 48.1 cm³/mol. The van der Waals surface area contributed by atoms with E-state index in [0.29, 0.717) is 6.54 Å². The Hall–Kier alpha value is -1.78. The summed E-state index contributed by atoms with van der Waals surface area (Å²) < 4.78 is 9.39. The van der Waals surface area contributed by atoms with Crippen LogP contribution in [0.25, 0.3) is 0 Å². The number of ether oxygens (including phenoxy) is 1. The zero-order valence-corrected chi connectivity index (χ0v) is 7.99. The number of rotatable bonds is 3. The summed E-state index contributed by atoms with van der Waals surface area (Å²) in [7, 11) is 1.25. The van der Waals surface area contributed by atoms with Gasteiger partial charge in [-0.25, -0.2) is 4.79 Å². The van der Waals surface area contributed by atoms with Crippen molar-refractivity contribution in [3.05, 3.63) is 23.7 Å². The minimum absolute atomic E-state index is 0.0220. The van der Waals surface area contributed by atoms with E-state index in [1.165, 1.54) is 19.2 Å². The average Bonchev–Trinajstić information content (AvgIpc) is 2.66. The van der Waals surface area contributed by atoms with Gasteiger partial charge in [-0.1, -0.05) is 0 Å². The van der Waals surface area contributed by atoms with Crippen LogP contribution < -0.4 is 5.32 Å². The molecule has 1 heterocycles. The third-order valence-corrected chi connectivity index (χ3v) is 1.55. The highest BCUT2D eigenvalue weighted by Gasteiger charge is 2.14. The molecule has 0 aliphatic heterocycles. The molecule has 0 spiro atoms. The first-order chi connectivity index (χ1) is 6.69. The van der Waals surface area contributed by atoms with Crippen LogP contribution in [0.2, 0.25) is 0 Å². The monoisotopic (exact) mass is 197 g/mol. The van der Waals surface area contributed by atoms with E-state index in [4.69, 9.17) is 4.42 Å². The molecule has 1 rings (SSSR count). The molecule has 0 saturated carbocycles. The fourth-order valence-corrected chi connectivity index (χ4v) is 0.918. The van der Waals surface area contributed by atoms with Crippen molar-refractivity contribution in [2.24, 2.45) is 0 Å². The Morgan fingerprint density at radius 1 is 1.43 bits per heavy atom. The van der Waals surface area contributed by atoms with Gasteiger partial charge in [-0.15, -0.1) is 0 Å². The van der Waals surface area contributed by atoms with Crippen molar-refractivity contribution in [3.63, 3.8) is 0 Å². The zero-order chi connectivity index (χ0) is 10.6. The lowest BCUT2D eigenvalue weighted by Crippen LogP contribution is -2.21. The number of nitrogens with one attached hydrogen (secondary N) is 1. The van der Waals surface area contributed by atoms with Crippen LogP contribution in [0.1, 0.15) is 28.0 Å². The van der Waals surface area contributed by atoms with E-state index in [2.05, 4.69) is 10.1 Å². The molecule has 0 aromatic carbocycles. The van der Waals surface area contributed by atoms with Gasteiger partial charge in [0.1, 0.15) is 0 Å². The largest absolute Gasteiger partial charge is 0.463 e. The van der Waals surface area contributed by atoms with Crippen molar-refractivity contribution in [3.8, 4) is 0 Å². The summed E-state index contributed by atoms with van der Waals surface area (Å²) in [4.78, 5) is 22.2. The van der Waals surface area contributed by atoms with Gasteiger partial charge in [0.15, 0.2) is 5.76 Å². The summed E-state index contributed by atoms with van der Waals surface area (Å²) in [6.07, 6.45) is 0. The maximum atomic E-state index is 11.2. The standard InChI is InChI=1S/C9H11NO4/c1-3-10-8(11)6-4-5-7(14-6)9(12)13-2/h4-5H,3H2,1-2H3,(H,10,11). The number of carbonyl (C=O) groups excluding carboxylic acids is 2. The van der Waals surface area contributed by atoms with Crippen LogP contribution in [0.4, 0.5) is 0 Å². The summed E-state index contributed by atoms with van der Waals surface area (Å²) in [6.45, 7) is 2.30. The normalized spacial score (nSPS) is 9.57. The van der Waals surface area contributed by atoms with Crippen LogP contribution in [0, 0.1) is 0 Å². The van der Waals surface area contributed by atoms with Gasteiger partial charge < -0.3 is 14.5 Å². The van der Waals surface area contributed by atoms with E-state index < -0.39 is 5.97 Å². The van der Waals surface area contributed by atoms with Gasteiger partial charge in [-0.3, -0.25) is 4.79 Å². The van der Waals surface area contributed by atoms with Crippen LogP contribution in [0.3, 0.4) is 0 Å². The molecule has 0 aliphatic carbocycles. The Kier molecular flexibility index (Phi) is 3.28. The summed E-state index contributed by atoms with van der Waals surface area (Å²) in [5.41, 5.74) is 0. The summed E-state index contributed by atoms with van der Waals surface area (Å²) in [6, 6.07) is 2.83. The van der Waals surface area contributed by atoms with Gasteiger partial charge >= 0.3 is 5.97 Å². The lowest BCUT2D eigenvalue weighted by molar-refractivity contribution is 0.0563. The molecular formula is C9H11NO4. The Morgan fingerprint density at radius 3 is 2.64 bits per heavy atom. The molecule has 1 aromatic rings. The smallest absolute Gasteiger partial charge is 0.373 e. The lowest BCUT2D eigenvalue weighted by Gasteiger charge is -1.97.